The molecule has 2 N–H and O–H groups in total. The monoisotopic (exact) mass is 411 g/mol. The van der Waals surface area contributed by atoms with Gasteiger partial charge in [-0.05, 0) is 44.2 Å². The highest BCUT2D eigenvalue weighted by Crippen LogP contribution is 2.33. The second-order valence-corrected chi connectivity index (χ2v) is 6.72. The molecule has 0 radical (unpaired) electrons. The molecular formula is C22H25N3O5. The number of nitrogens with zero attached hydrogens (tertiary/aromatic N) is 1. The van der Waals surface area contributed by atoms with Crippen molar-refractivity contribution in [3.63, 3.8) is 0 Å². The minimum Gasteiger partial charge on any atom is -0.497 e. The highest BCUT2D eigenvalue weighted by molar-refractivity contribution is 6.08. The van der Waals surface area contributed by atoms with Crippen LogP contribution in [0.1, 0.15) is 30.6 Å². The smallest absolute Gasteiger partial charge is 0.338 e. The van der Waals surface area contributed by atoms with Gasteiger partial charge in [0.2, 0.25) is 11.8 Å². The predicted molar refractivity (Wildman–Crippen MR) is 114 cm³/mol. The van der Waals surface area contributed by atoms with Crippen LogP contribution < -0.4 is 20.3 Å². The predicted octanol–water partition coefficient (Wildman–Crippen LogP) is 3.05. The van der Waals surface area contributed by atoms with Gasteiger partial charge in [0, 0.05) is 18.3 Å². The topological polar surface area (TPSA) is 97.0 Å². The van der Waals surface area contributed by atoms with Crippen LogP contribution in [0.4, 0.5) is 17.1 Å². The van der Waals surface area contributed by atoms with Gasteiger partial charge >= 0.3 is 5.97 Å². The van der Waals surface area contributed by atoms with Gasteiger partial charge in [-0.2, -0.15) is 0 Å². The third kappa shape index (κ3) is 4.53. The highest BCUT2D eigenvalue weighted by Gasteiger charge is 2.33. The molecular weight excluding hydrogens is 386 g/mol. The Balaban J connectivity index is 1.78. The van der Waals surface area contributed by atoms with E-state index in [1.54, 1.807) is 61.4 Å². The summed E-state index contributed by atoms with van der Waals surface area (Å²) >= 11 is 0. The molecule has 8 nitrogen and oxygen atoms in total. The van der Waals surface area contributed by atoms with Gasteiger partial charge in [0.1, 0.15) is 11.8 Å². The minimum atomic E-state index is -0.750. The average molecular weight is 411 g/mol. The molecule has 1 unspecified atom stereocenters. The van der Waals surface area contributed by atoms with Crippen LogP contribution >= 0.6 is 0 Å². The number of likely N-dealkylation sites (N-methyl/N-ethyl adjacent to an activating group) is 1. The first-order valence-electron chi connectivity index (χ1n) is 9.79. The van der Waals surface area contributed by atoms with Gasteiger partial charge in [-0.25, -0.2) is 4.79 Å². The summed E-state index contributed by atoms with van der Waals surface area (Å²) in [5.74, 6) is -0.323. The summed E-state index contributed by atoms with van der Waals surface area (Å²) < 4.78 is 10.2. The Morgan fingerprint density at radius 2 is 1.97 bits per heavy atom. The van der Waals surface area contributed by atoms with Crippen LogP contribution in [0.25, 0.3) is 0 Å². The number of methoxy groups -OCH3 is 1. The van der Waals surface area contributed by atoms with Crippen molar-refractivity contribution >= 4 is 34.8 Å². The Hall–Kier alpha value is -3.55. The number of benzene rings is 2. The maximum Gasteiger partial charge on any atom is 0.338 e. The fraction of sp³-hybridized carbons (Fsp3) is 0.318. The zero-order valence-electron chi connectivity index (χ0n) is 17.2. The SMILES string of the molecule is CCOC(=O)c1ccc2c(c1)NC(CC(=O)Nc1cccc(OC)c1)C(=O)N2CC. The van der Waals surface area contributed by atoms with Crippen molar-refractivity contribution in [3.8, 4) is 5.75 Å². The van der Waals surface area contributed by atoms with Crippen LogP contribution in [0.15, 0.2) is 42.5 Å². The number of hydrogen-bond acceptors (Lipinski definition) is 6. The molecule has 2 amide bonds. The van der Waals surface area contributed by atoms with E-state index in [1.165, 1.54) is 0 Å². The molecule has 8 heteroatoms. The Morgan fingerprint density at radius 1 is 1.17 bits per heavy atom. The fourth-order valence-corrected chi connectivity index (χ4v) is 3.35. The number of rotatable bonds is 7. The lowest BCUT2D eigenvalue weighted by Gasteiger charge is -2.34. The maximum atomic E-state index is 12.9. The lowest BCUT2D eigenvalue weighted by Crippen LogP contribution is -2.48. The zero-order valence-corrected chi connectivity index (χ0v) is 17.2. The molecule has 0 spiro atoms. The fourth-order valence-electron chi connectivity index (χ4n) is 3.35. The molecule has 1 aliphatic rings. The summed E-state index contributed by atoms with van der Waals surface area (Å²) in [6.45, 7) is 4.32. The van der Waals surface area contributed by atoms with Crippen molar-refractivity contribution in [3.05, 3.63) is 48.0 Å². The molecule has 0 aromatic heterocycles. The lowest BCUT2D eigenvalue weighted by atomic mass is 10.0. The molecule has 0 saturated heterocycles. The standard InChI is InChI=1S/C22H25N3O5/c1-4-25-19-10-9-14(22(28)30-5-2)11-17(19)24-18(21(25)27)13-20(26)23-15-7-6-8-16(12-15)29-3/h6-12,18,24H,4-5,13H2,1-3H3,(H,23,26). The van der Waals surface area contributed by atoms with Crippen molar-refractivity contribution in [2.75, 3.05) is 35.8 Å². The summed E-state index contributed by atoms with van der Waals surface area (Å²) in [6.07, 6.45) is -0.0599. The van der Waals surface area contributed by atoms with Crippen LogP contribution in [-0.2, 0) is 14.3 Å². The number of fused-ring (bicyclic) bond motifs is 1. The van der Waals surface area contributed by atoms with Crippen LogP contribution in [0.2, 0.25) is 0 Å². The van der Waals surface area contributed by atoms with Crippen molar-refractivity contribution < 1.29 is 23.9 Å². The molecule has 1 heterocycles. The zero-order chi connectivity index (χ0) is 21.7. The first-order chi connectivity index (χ1) is 14.5. The number of carbonyl (C=O) groups excluding carboxylic acids is 3. The van der Waals surface area contributed by atoms with Gasteiger partial charge in [-0.1, -0.05) is 6.07 Å². The van der Waals surface area contributed by atoms with E-state index in [4.69, 9.17) is 9.47 Å². The van der Waals surface area contributed by atoms with Crippen LogP contribution in [0, 0.1) is 0 Å². The highest BCUT2D eigenvalue weighted by atomic mass is 16.5. The first-order valence-corrected chi connectivity index (χ1v) is 9.79. The Bertz CT molecular complexity index is 960. The Kier molecular flexibility index (Phi) is 6.56. The van der Waals surface area contributed by atoms with Crippen molar-refractivity contribution in [2.24, 2.45) is 0 Å². The number of hydrogen-bond donors (Lipinski definition) is 2. The molecule has 1 atom stereocenters. The molecule has 0 saturated carbocycles. The minimum absolute atomic E-state index is 0.0599. The molecule has 158 valence electrons. The summed E-state index contributed by atoms with van der Waals surface area (Å²) in [6, 6.07) is 11.2. The quantitative estimate of drug-likeness (QED) is 0.680. The number of carbonyl (C=O) groups is 3. The second-order valence-electron chi connectivity index (χ2n) is 6.72. The third-order valence-corrected chi connectivity index (χ3v) is 4.75. The number of anilines is 3. The van der Waals surface area contributed by atoms with E-state index < -0.39 is 12.0 Å². The second kappa shape index (κ2) is 9.30. The van der Waals surface area contributed by atoms with E-state index >= 15 is 0 Å². The first kappa shape index (κ1) is 21.2. The van der Waals surface area contributed by atoms with E-state index in [1.807, 2.05) is 6.92 Å². The summed E-state index contributed by atoms with van der Waals surface area (Å²) in [7, 11) is 1.55. The van der Waals surface area contributed by atoms with Gasteiger partial charge < -0.3 is 25.0 Å². The Labute approximate surface area is 175 Å². The van der Waals surface area contributed by atoms with E-state index in [-0.39, 0.29) is 24.8 Å². The lowest BCUT2D eigenvalue weighted by molar-refractivity contribution is -0.123. The van der Waals surface area contributed by atoms with E-state index in [9.17, 15) is 14.4 Å². The van der Waals surface area contributed by atoms with Crippen molar-refractivity contribution in [2.45, 2.75) is 26.3 Å². The van der Waals surface area contributed by atoms with E-state index in [2.05, 4.69) is 10.6 Å². The van der Waals surface area contributed by atoms with Crippen LogP contribution in [-0.4, -0.2) is 44.1 Å². The van der Waals surface area contributed by atoms with Crippen LogP contribution in [0.5, 0.6) is 5.75 Å². The molecule has 2 aromatic carbocycles. The number of ether oxygens (including phenoxy) is 2. The largest absolute Gasteiger partial charge is 0.497 e. The summed E-state index contributed by atoms with van der Waals surface area (Å²) in [4.78, 5) is 39.1. The van der Waals surface area contributed by atoms with E-state index in [0.717, 1.165) is 0 Å². The van der Waals surface area contributed by atoms with Crippen molar-refractivity contribution in [1.82, 2.24) is 0 Å². The van der Waals surface area contributed by atoms with Gasteiger partial charge in [0.15, 0.2) is 0 Å². The molecule has 30 heavy (non-hydrogen) atoms. The van der Waals surface area contributed by atoms with E-state index in [0.29, 0.717) is 34.9 Å². The normalized spacial score (nSPS) is 15.1. The van der Waals surface area contributed by atoms with Gasteiger partial charge in [0.05, 0.1) is 37.1 Å². The Morgan fingerprint density at radius 3 is 2.67 bits per heavy atom. The average Bonchev–Trinajstić information content (AvgIpc) is 2.74. The molecule has 0 aliphatic carbocycles. The van der Waals surface area contributed by atoms with Gasteiger partial charge in [-0.15, -0.1) is 0 Å². The maximum absolute atomic E-state index is 12.9. The molecule has 3 rings (SSSR count). The molecule has 1 aliphatic heterocycles. The summed E-state index contributed by atoms with van der Waals surface area (Å²) in [5.41, 5.74) is 2.24. The molecule has 0 bridgehead atoms. The summed E-state index contributed by atoms with van der Waals surface area (Å²) in [5, 5.41) is 5.89. The van der Waals surface area contributed by atoms with Gasteiger partial charge in [-0.3, -0.25) is 9.59 Å². The number of esters is 1. The van der Waals surface area contributed by atoms with Crippen LogP contribution in [0.3, 0.4) is 0 Å². The van der Waals surface area contributed by atoms with Crippen molar-refractivity contribution in [1.29, 1.82) is 0 Å². The molecule has 2 aromatic rings. The number of amides is 2. The molecule has 0 fully saturated rings. The third-order valence-electron chi connectivity index (χ3n) is 4.75. The number of nitrogens with one attached hydrogen (secondary N) is 2. The van der Waals surface area contributed by atoms with Gasteiger partial charge in [0.25, 0.3) is 0 Å².